The minimum absolute atomic E-state index is 0.106. The Balaban J connectivity index is 1.04. The summed E-state index contributed by atoms with van der Waals surface area (Å²) >= 11 is 0. The number of hydrogen-bond acceptors (Lipinski definition) is 21. The molecule has 8 rings (SSSR count). The Morgan fingerprint density at radius 3 is 0.894 bits per heavy atom. The predicted octanol–water partition coefficient (Wildman–Crippen LogP) is 5.24. The number of aromatic carboxylic acids is 2. The van der Waals surface area contributed by atoms with Crippen LogP contribution in [0.5, 0.6) is 0 Å². The van der Waals surface area contributed by atoms with Crippen molar-refractivity contribution in [2.24, 2.45) is 0 Å². The van der Waals surface area contributed by atoms with Gasteiger partial charge in [-0.25, -0.2) is 31.2 Å². The number of rotatable bonds is 20. The summed E-state index contributed by atoms with van der Waals surface area (Å²) in [4.78, 5) is 56.8. The molecular weight excluding hydrogens is 1420 g/mol. The van der Waals surface area contributed by atoms with E-state index in [1.807, 2.05) is 9.44 Å². The predicted molar refractivity (Wildman–Crippen MR) is 326 cm³/mol. The van der Waals surface area contributed by atoms with Crippen molar-refractivity contribution in [3.63, 3.8) is 0 Å². The molecule has 0 heterocycles. The van der Waals surface area contributed by atoms with Crippen molar-refractivity contribution in [2.75, 3.05) is 30.7 Å². The highest BCUT2D eigenvalue weighted by Gasteiger charge is 2.31. The van der Waals surface area contributed by atoms with Crippen LogP contribution in [0.15, 0.2) is 160 Å². The summed E-state index contributed by atoms with van der Waals surface area (Å²) in [6.07, 6.45) is 0. The number of carbonyl (C=O) groups is 5. The van der Waals surface area contributed by atoms with Crippen LogP contribution in [0.1, 0.15) is 52.6 Å². The minimum Gasteiger partial charge on any atom is -0.478 e. The molecule has 4 amide bonds. The molecule has 0 unspecified atom stereocenters. The van der Waals surface area contributed by atoms with E-state index in [9.17, 15) is 129 Å². The van der Waals surface area contributed by atoms with Crippen LogP contribution >= 0.6 is 0 Å². The van der Waals surface area contributed by atoms with Crippen molar-refractivity contribution < 1.29 is 129 Å². The lowest BCUT2D eigenvalue weighted by Crippen LogP contribution is -2.22. The van der Waals surface area contributed by atoms with Gasteiger partial charge in [0.25, 0.3) is 92.6 Å². The van der Waals surface area contributed by atoms with Crippen molar-refractivity contribution in [1.29, 1.82) is 0 Å². The van der Waals surface area contributed by atoms with E-state index in [1.165, 1.54) is 13.8 Å². The van der Waals surface area contributed by atoms with Gasteiger partial charge in [0.05, 0.1) is 51.9 Å². The van der Waals surface area contributed by atoms with Crippen molar-refractivity contribution in [3.8, 4) is 0 Å². The lowest BCUT2D eigenvalue weighted by atomic mass is 10.1. The molecule has 14 N–H and O–H groups in total. The van der Waals surface area contributed by atoms with E-state index in [-0.39, 0.29) is 34.6 Å². The Morgan fingerprint density at radius 2 is 0.606 bits per heavy atom. The van der Waals surface area contributed by atoms with E-state index < -0.39 is 216 Å². The van der Waals surface area contributed by atoms with Crippen LogP contribution in [0, 0.1) is 13.8 Å². The largest absolute Gasteiger partial charge is 0.478 e. The van der Waals surface area contributed by atoms with Crippen molar-refractivity contribution in [1.82, 2.24) is 0 Å². The number of carboxylic acids is 2. The Morgan fingerprint density at radius 1 is 0.319 bits per heavy atom. The molecule has 0 aromatic heterocycles. The van der Waals surface area contributed by atoms with E-state index in [1.54, 1.807) is 0 Å². The average molecular weight is 1460 g/mol. The maximum absolute atomic E-state index is 14.0. The van der Waals surface area contributed by atoms with E-state index in [2.05, 4.69) is 21.3 Å². The lowest BCUT2D eigenvalue weighted by Gasteiger charge is -2.17. The number of hydrogen-bond donors (Lipinski definition) is 14. The molecule has 0 saturated carbocycles. The number of benzene rings is 8. The van der Waals surface area contributed by atoms with Gasteiger partial charge in [0.1, 0.15) is 9.79 Å². The second kappa shape index (κ2) is 24.7. The van der Waals surface area contributed by atoms with Crippen molar-refractivity contribution >= 4 is 166 Å². The summed E-state index contributed by atoms with van der Waals surface area (Å²) in [5.41, 5.74) is -5.81. The monoisotopic (exact) mass is 1460 g/mol. The van der Waals surface area contributed by atoms with Gasteiger partial charge in [0.2, 0.25) is 0 Å². The van der Waals surface area contributed by atoms with Gasteiger partial charge >= 0.3 is 18.0 Å². The zero-order valence-electron chi connectivity index (χ0n) is 46.5. The summed E-state index contributed by atoms with van der Waals surface area (Å²) in [5.74, 6) is -5.75. The molecule has 0 aliphatic carbocycles. The maximum atomic E-state index is 14.0. The zero-order chi connectivity index (χ0) is 70.1. The van der Waals surface area contributed by atoms with Gasteiger partial charge in [-0.2, -0.15) is 50.5 Å². The number of anilines is 6. The zero-order valence-corrected chi connectivity index (χ0v) is 53.0. The van der Waals surface area contributed by atoms with Crippen molar-refractivity contribution in [2.45, 2.75) is 53.0 Å². The summed E-state index contributed by atoms with van der Waals surface area (Å²) in [6.45, 7) is 2.68. The standard InChI is InChI=1S/C51H40N6O29S8/c1-23-3-5-33(87(65,66)56-41-19-35(89(69,70)71)13-25-15-37(91(75,76)77)21-43(45(25)41)93(81,82)83)17-39(23)54-47(58)27-7-29(49(60)61)11-31(9-27)52-51(64)53-32-10-28(8-30(12-32)50(62)63)48(59)55-40-18-34(6-4-24(40)2)88(67,68)57-42-20-36(90(72,73)74)14-26-16-38(92(78,79)80)22-44(46(26)42)94(84,85)86/h3-22,56-57H,1-2H3,(H,54,58)(H,55,59)(H,60,61)(H,62,63)(H2,52,53,64)(H,69,70,71)(H,72,73,74)(H,75,76,77)(H,78,79,80)(H,81,82,83)(H,84,85,86). The molecule has 0 bridgehead atoms. The van der Waals surface area contributed by atoms with Gasteiger partial charge in [-0.3, -0.25) is 46.3 Å². The highest BCUT2D eigenvalue weighted by atomic mass is 32.2. The first kappa shape index (κ1) is 70.3. The van der Waals surface area contributed by atoms with E-state index >= 15 is 0 Å². The fraction of sp³-hybridized carbons (Fsp3) is 0.0392. The highest BCUT2D eigenvalue weighted by Crippen LogP contribution is 2.39. The van der Waals surface area contributed by atoms with Crippen LogP contribution in [-0.2, 0) is 80.8 Å². The van der Waals surface area contributed by atoms with Crippen molar-refractivity contribution in [3.05, 3.63) is 155 Å². The number of carbonyl (C=O) groups excluding carboxylic acids is 3. The van der Waals surface area contributed by atoms with E-state index in [0.717, 1.165) is 72.8 Å². The summed E-state index contributed by atoms with van der Waals surface area (Å²) < 4.78 is 266. The van der Waals surface area contributed by atoms with Gasteiger partial charge in [-0.1, -0.05) is 12.1 Å². The summed E-state index contributed by atoms with van der Waals surface area (Å²) in [5, 5.41) is 25.8. The fourth-order valence-corrected chi connectivity index (χ4v) is 14.8. The number of urea groups is 1. The Labute approximate surface area is 530 Å². The van der Waals surface area contributed by atoms with Crippen LogP contribution in [0.4, 0.5) is 38.9 Å². The number of carboxylic acid groups (broad SMARTS) is 2. The lowest BCUT2D eigenvalue weighted by molar-refractivity contribution is 0.0686. The second-order valence-corrected chi connectivity index (χ2v) is 31.5. The molecular formula is C51H40N6O29S8. The number of sulfonamides is 2. The molecule has 496 valence electrons. The Bertz CT molecular complexity index is 5330. The first-order valence-electron chi connectivity index (χ1n) is 24.8. The molecule has 0 saturated heterocycles. The molecule has 0 fully saturated rings. The van der Waals surface area contributed by atoms with Crippen LogP contribution in [-0.4, -0.2) is 135 Å². The molecule has 0 spiro atoms. The topological polar surface area (TPSA) is 592 Å². The van der Waals surface area contributed by atoms with Gasteiger partial charge in [-0.05, 0) is 145 Å². The minimum atomic E-state index is -5.55. The third kappa shape index (κ3) is 15.7. The van der Waals surface area contributed by atoms with Crippen LogP contribution < -0.4 is 30.7 Å². The normalized spacial score (nSPS) is 12.6. The fourth-order valence-electron chi connectivity index (χ4n) is 8.81. The molecule has 0 radical (unpaired) electrons. The van der Waals surface area contributed by atoms with Gasteiger partial charge in [-0.15, -0.1) is 0 Å². The first-order valence-corrected chi connectivity index (χ1v) is 36.4. The van der Waals surface area contributed by atoms with Crippen LogP contribution in [0.25, 0.3) is 21.5 Å². The van der Waals surface area contributed by atoms with Crippen LogP contribution in [0.2, 0.25) is 0 Å². The number of aryl methyl sites for hydroxylation is 2. The summed E-state index contributed by atoms with van der Waals surface area (Å²) in [6, 6.07) is 12.6. The number of amides is 4. The number of fused-ring (bicyclic) bond motifs is 2. The Hall–Kier alpha value is -9.61. The molecule has 8 aromatic rings. The smallest absolute Gasteiger partial charge is 0.335 e. The third-order valence-electron chi connectivity index (χ3n) is 13.1. The molecule has 0 aliphatic rings. The molecule has 43 heteroatoms. The SMILES string of the molecule is Cc1ccc(S(=O)(=O)Nc2cc(S(=O)(=O)O)cc3cc(S(=O)(=O)O)cc(S(=O)(=O)O)c23)cc1NC(=O)c1cc(NC(=O)Nc2cc(C(=O)O)cc(C(=O)Nc3cc(S(=O)(=O)Nc4cc(S(=O)(=O)O)cc5cc(S(=O)(=O)O)cc(S(=O)(=O)O)c45)ccc3C)c2)cc(C(=O)O)c1. The number of nitrogens with one attached hydrogen (secondary N) is 6. The highest BCUT2D eigenvalue weighted by molar-refractivity contribution is 7.93. The van der Waals surface area contributed by atoms with E-state index in [4.69, 9.17) is 0 Å². The molecule has 0 aliphatic heterocycles. The Kier molecular flexibility index (Phi) is 18.5. The maximum Gasteiger partial charge on any atom is 0.335 e. The molecule has 94 heavy (non-hydrogen) atoms. The molecule has 0 atom stereocenters. The van der Waals surface area contributed by atoms with Crippen LogP contribution in [0.3, 0.4) is 0 Å². The quantitative estimate of drug-likeness (QED) is 0.0434. The van der Waals surface area contributed by atoms with Gasteiger partial charge in [0.15, 0.2) is 0 Å². The van der Waals surface area contributed by atoms with Gasteiger partial charge in [0, 0.05) is 44.6 Å². The summed E-state index contributed by atoms with van der Waals surface area (Å²) in [7, 11) is -42.6. The molecule has 8 aromatic carbocycles. The van der Waals surface area contributed by atoms with Gasteiger partial charge < -0.3 is 31.5 Å². The van der Waals surface area contributed by atoms with E-state index in [0.29, 0.717) is 36.4 Å². The second-order valence-electron chi connectivity index (χ2n) is 19.7. The average Bonchev–Trinajstić information content (AvgIpc) is 0.750. The molecule has 35 nitrogen and oxygen atoms in total. The third-order valence-corrected chi connectivity index (χ3v) is 20.9. The first-order chi connectivity index (χ1) is 43.0.